The highest BCUT2D eigenvalue weighted by molar-refractivity contribution is 7.15. The van der Waals surface area contributed by atoms with Crippen LogP contribution in [0.4, 0.5) is 24.0 Å². The number of thiazole rings is 1. The van der Waals surface area contributed by atoms with Gasteiger partial charge in [0.25, 0.3) is 0 Å². The Kier molecular flexibility index (Phi) is 8.13. The van der Waals surface area contributed by atoms with Gasteiger partial charge in [0.2, 0.25) is 0 Å². The van der Waals surface area contributed by atoms with Crippen LogP contribution in [0.3, 0.4) is 0 Å². The van der Waals surface area contributed by atoms with Crippen molar-refractivity contribution < 1.29 is 13.2 Å². The molecule has 0 saturated carbocycles. The summed E-state index contributed by atoms with van der Waals surface area (Å²) in [6.07, 6.45) is -4.59. The molecule has 3 nitrogen and oxygen atoms in total. The van der Waals surface area contributed by atoms with Crippen LogP contribution < -0.4 is 5.32 Å². The van der Waals surface area contributed by atoms with Crippen molar-refractivity contribution >= 4 is 57.0 Å². The summed E-state index contributed by atoms with van der Waals surface area (Å²) >= 11 is 19.1. The molecule has 0 radical (unpaired) electrons. The van der Waals surface area contributed by atoms with E-state index in [1.54, 1.807) is 0 Å². The third-order valence-corrected chi connectivity index (χ3v) is 5.53. The van der Waals surface area contributed by atoms with Gasteiger partial charge >= 0.3 is 6.18 Å². The second-order valence-electron chi connectivity index (χ2n) is 8.32. The standard InChI is InChI=1S/C20H23Cl3F3N3S/c1-11(2)8-29(10-19(3,4)5)9-15-17(20(24,25)26)28-18(30-15)27-16-13(22)6-12(21)7-14(16)23/h6-7H,1,8-10H2,2-5H3,(H,27,28). The molecule has 1 aromatic heterocycles. The third kappa shape index (κ3) is 7.31. The molecule has 2 rings (SSSR count). The largest absolute Gasteiger partial charge is 0.434 e. The summed E-state index contributed by atoms with van der Waals surface area (Å²) in [5.41, 5.74) is 0.113. The van der Waals surface area contributed by atoms with Gasteiger partial charge in [0.05, 0.1) is 20.6 Å². The summed E-state index contributed by atoms with van der Waals surface area (Å²) in [7, 11) is 0. The van der Waals surface area contributed by atoms with E-state index in [0.717, 1.165) is 16.9 Å². The molecule has 2 aromatic rings. The van der Waals surface area contributed by atoms with Crippen molar-refractivity contribution in [2.45, 2.75) is 40.4 Å². The lowest BCUT2D eigenvalue weighted by atomic mass is 9.96. The van der Waals surface area contributed by atoms with Crippen LogP contribution in [0.1, 0.15) is 38.3 Å². The number of hydrogen-bond donors (Lipinski definition) is 1. The second kappa shape index (κ2) is 9.65. The van der Waals surface area contributed by atoms with Gasteiger partial charge in [-0.3, -0.25) is 4.90 Å². The molecule has 0 fully saturated rings. The maximum atomic E-state index is 13.7. The average Bonchev–Trinajstić information content (AvgIpc) is 2.91. The van der Waals surface area contributed by atoms with Crippen molar-refractivity contribution in [3.8, 4) is 0 Å². The maximum absolute atomic E-state index is 13.7. The number of nitrogens with one attached hydrogen (secondary N) is 1. The van der Waals surface area contributed by atoms with Crippen LogP contribution in [0, 0.1) is 5.41 Å². The minimum absolute atomic E-state index is 0.0504. The van der Waals surface area contributed by atoms with Crippen LogP contribution in [0.15, 0.2) is 24.3 Å². The molecule has 0 aliphatic heterocycles. The topological polar surface area (TPSA) is 28.2 Å². The lowest BCUT2D eigenvalue weighted by Gasteiger charge is -2.30. The molecule has 0 bridgehead atoms. The predicted molar refractivity (Wildman–Crippen MR) is 121 cm³/mol. The first-order valence-electron chi connectivity index (χ1n) is 9.01. The van der Waals surface area contributed by atoms with Crippen molar-refractivity contribution in [2.24, 2.45) is 5.41 Å². The fraction of sp³-hybridized carbons (Fsp3) is 0.450. The Morgan fingerprint density at radius 1 is 1.17 bits per heavy atom. The van der Waals surface area contributed by atoms with Crippen LogP contribution in [-0.4, -0.2) is 23.0 Å². The lowest BCUT2D eigenvalue weighted by Crippen LogP contribution is -2.33. The Bertz CT molecular complexity index is 897. The Hall–Kier alpha value is -0.990. The number of benzene rings is 1. The molecule has 0 unspecified atom stereocenters. The number of anilines is 2. The molecule has 166 valence electrons. The molecular weight excluding hydrogens is 478 g/mol. The van der Waals surface area contributed by atoms with Gasteiger partial charge in [-0.2, -0.15) is 13.2 Å². The number of halogens is 6. The first kappa shape index (κ1) is 25.3. The molecule has 0 aliphatic carbocycles. The van der Waals surface area contributed by atoms with Crippen molar-refractivity contribution in [2.75, 3.05) is 18.4 Å². The first-order chi connectivity index (χ1) is 13.7. The highest BCUT2D eigenvalue weighted by Crippen LogP contribution is 2.41. The third-order valence-electron chi connectivity index (χ3n) is 3.76. The molecule has 1 aromatic carbocycles. The molecule has 0 amide bonds. The van der Waals surface area contributed by atoms with Crippen molar-refractivity contribution in [1.29, 1.82) is 0 Å². The van der Waals surface area contributed by atoms with Gasteiger partial charge in [0.15, 0.2) is 10.8 Å². The van der Waals surface area contributed by atoms with Gasteiger partial charge in [0.1, 0.15) is 0 Å². The van der Waals surface area contributed by atoms with Gasteiger partial charge in [-0.15, -0.1) is 0 Å². The molecule has 0 saturated heterocycles. The van der Waals surface area contributed by atoms with E-state index in [2.05, 4.69) is 16.9 Å². The number of aromatic nitrogens is 1. The number of hydrogen-bond acceptors (Lipinski definition) is 4. The van der Waals surface area contributed by atoms with Crippen molar-refractivity contribution in [3.63, 3.8) is 0 Å². The molecule has 30 heavy (non-hydrogen) atoms. The van der Waals surface area contributed by atoms with Crippen LogP contribution in [0.25, 0.3) is 0 Å². The summed E-state index contributed by atoms with van der Waals surface area (Å²) < 4.78 is 41.0. The monoisotopic (exact) mass is 499 g/mol. The second-order valence-corrected chi connectivity index (χ2v) is 10.7. The van der Waals surface area contributed by atoms with Gasteiger partial charge in [-0.05, 0) is 24.5 Å². The van der Waals surface area contributed by atoms with E-state index < -0.39 is 11.9 Å². The summed E-state index contributed by atoms with van der Waals surface area (Å²) in [5.74, 6) is 0. The number of nitrogens with zero attached hydrogens (tertiary/aromatic N) is 2. The summed E-state index contributed by atoms with van der Waals surface area (Å²) in [6, 6.07) is 2.91. The Labute approximate surface area is 193 Å². The van der Waals surface area contributed by atoms with Crippen LogP contribution >= 0.6 is 46.1 Å². The normalized spacial score (nSPS) is 12.5. The smallest absolute Gasteiger partial charge is 0.329 e. The highest BCUT2D eigenvalue weighted by Gasteiger charge is 2.38. The fourth-order valence-electron chi connectivity index (χ4n) is 2.93. The van der Waals surface area contributed by atoms with E-state index in [9.17, 15) is 13.2 Å². The zero-order valence-corrected chi connectivity index (χ0v) is 20.1. The maximum Gasteiger partial charge on any atom is 0.434 e. The SMILES string of the molecule is C=C(C)CN(Cc1sc(Nc2c(Cl)cc(Cl)cc2Cl)nc1C(F)(F)F)CC(C)(C)C. The molecule has 0 aliphatic rings. The minimum atomic E-state index is -4.59. The van der Waals surface area contributed by atoms with E-state index in [0.29, 0.717) is 18.1 Å². The Balaban J connectivity index is 2.40. The van der Waals surface area contributed by atoms with E-state index in [-0.39, 0.29) is 37.7 Å². The zero-order chi connectivity index (χ0) is 22.9. The number of rotatable bonds is 7. The average molecular weight is 501 g/mol. The molecular formula is C20H23Cl3F3N3S. The fourth-order valence-corrected chi connectivity index (χ4v) is 4.87. The van der Waals surface area contributed by atoms with Crippen molar-refractivity contribution in [3.05, 3.63) is 49.9 Å². The van der Waals surface area contributed by atoms with Crippen LogP contribution in [0.2, 0.25) is 15.1 Å². The Morgan fingerprint density at radius 3 is 2.20 bits per heavy atom. The molecule has 0 spiro atoms. The van der Waals surface area contributed by atoms with E-state index in [1.165, 1.54) is 12.1 Å². The van der Waals surface area contributed by atoms with E-state index in [1.807, 2.05) is 32.6 Å². The van der Waals surface area contributed by atoms with E-state index >= 15 is 0 Å². The predicted octanol–water partition coefficient (Wildman–Crippen LogP) is 8.29. The van der Waals surface area contributed by atoms with Gasteiger partial charge in [-0.1, -0.05) is 79.1 Å². The zero-order valence-electron chi connectivity index (χ0n) is 17.1. The highest BCUT2D eigenvalue weighted by atomic mass is 35.5. The summed E-state index contributed by atoms with van der Waals surface area (Å²) in [6.45, 7) is 13.0. The van der Waals surface area contributed by atoms with Crippen LogP contribution in [-0.2, 0) is 12.7 Å². The summed E-state index contributed by atoms with van der Waals surface area (Å²) in [4.78, 5) is 5.84. The quantitative estimate of drug-likeness (QED) is 0.388. The Morgan fingerprint density at radius 2 is 1.73 bits per heavy atom. The molecule has 0 atom stereocenters. The molecule has 10 heteroatoms. The first-order valence-corrected chi connectivity index (χ1v) is 11.0. The minimum Gasteiger partial charge on any atom is -0.329 e. The molecule has 1 heterocycles. The lowest BCUT2D eigenvalue weighted by molar-refractivity contribution is -0.141. The van der Waals surface area contributed by atoms with Gasteiger partial charge in [0, 0.05) is 24.7 Å². The van der Waals surface area contributed by atoms with Gasteiger partial charge in [-0.25, -0.2) is 4.98 Å². The van der Waals surface area contributed by atoms with Crippen molar-refractivity contribution in [1.82, 2.24) is 9.88 Å². The van der Waals surface area contributed by atoms with E-state index in [4.69, 9.17) is 34.8 Å². The molecule has 1 N–H and O–H groups in total. The summed E-state index contributed by atoms with van der Waals surface area (Å²) in [5, 5.41) is 3.56. The van der Waals surface area contributed by atoms with Crippen LogP contribution in [0.5, 0.6) is 0 Å². The number of alkyl halides is 3. The van der Waals surface area contributed by atoms with Gasteiger partial charge < -0.3 is 5.32 Å².